The van der Waals surface area contributed by atoms with Crippen LogP contribution in [0, 0.1) is 0 Å². The van der Waals surface area contributed by atoms with E-state index in [1.54, 1.807) is 0 Å². The molecule has 0 amide bonds. The van der Waals surface area contributed by atoms with Crippen LogP contribution in [0.3, 0.4) is 0 Å². The number of ether oxygens (including phenoxy) is 1. The minimum absolute atomic E-state index is 0.0816. The molecule has 0 spiro atoms. The third kappa shape index (κ3) is 5.37. The highest BCUT2D eigenvalue weighted by atomic mass is 35.5. The maximum absolute atomic E-state index is 9.73. The maximum Gasteiger partial charge on any atom is 0.191 e. The molecule has 1 aromatic carbocycles. The van der Waals surface area contributed by atoms with Crippen molar-refractivity contribution >= 4 is 17.6 Å². The average Bonchev–Trinajstić information content (AvgIpc) is 2.69. The van der Waals surface area contributed by atoms with Gasteiger partial charge in [0.2, 0.25) is 0 Å². The summed E-state index contributed by atoms with van der Waals surface area (Å²) in [5.74, 6) is 0.858. The molecule has 5 nitrogen and oxygen atoms in total. The predicted molar refractivity (Wildman–Crippen MR) is 111 cm³/mol. The van der Waals surface area contributed by atoms with Crippen molar-refractivity contribution in [3.63, 3.8) is 0 Å². The Morgan fingerprint density at radius 2 is 1.93 bits per heavy atom. The van der Waals surface area contributed by atoms with E-state index in [0.29, 0.717) is 12.6 Å². The molecule has 0 atom stereocenters. The molecular weight excluding hydrogens is 362 g/mol. The molecule has 1 aliphatic heterocycles. The lowest BCUT2D eigenvalue weighted by Crippen LogP contribution is -2.46. The van der Waals surface area contributed by atoms with Gasteiger partial charge in [-0.05, 0) is 57.1 Å². The number of nitrogens with zero attached hydrogens (tertiary/aromatic N) is 1. The monoisotopic (exact) mass is 393 g/mol. The number of rotatable bonds is 5. The van der Waals surface area contributed by atoms with E-state index in [0.717, 1.165) is 69.3 Å². The molecule has 1 aliphatic carbocycles. The maximum atomic E-state index is 9.73. The van der Waals surface area contributed by atoms with Crippen molar-refractivity contribution in [1.29, 1.82) is 0 Å². The van der Waals surface area contributed by atoms with Gasteiger partial charge in [0.1, 0.15) is 0 Å². The van der Waals surface area contributed by atoms with E-state index in [1.807, 2.05) is 12.1 Å². The summed E-state index contributed by atoms with van der Waals surface area (Å²) in [7, 11) is 0. The van der Waals surface area contributed by atoms with Crippen LogP contribution in [0.15, 0.2) is 29.3 Å². The first-order valence-electron chi connectivity index (χ1n) is 10.2. The molecule has 3 N–H and O–H groups in total. The largest absolute Gasteiger partial charge is 0.393 e. The first kappa shape index (κ1) is 20.4. The number of aliphatic hydroxyl groups is 1. The number of aliphatic imine (C=N–C) groups is 1. The molecule has 6 heteroatoms. The summed E-state index contributed by atoms with van der Waals surface area (Å²) in [6, 6.07) is 8.50. The molecule has 1 heterocycles. The van der Waals surface area contributed by atoms with Crippen LogP contribution in [0.5, 0.6) is 0 Å². The standard InChI is InChI=1S/C21H32ClN3O2/c1-2-23-20(25-16-7-9-17(26)10-8-16)24-15-21(11-13-27-14-12-21)18-5-3-4-6-19(18)22/h3-6,16-17,26H,2,7-15H2,1H3,(H2,23,24,25). The van der Waals surface area contributed by atoms with Gasteiger partial charge in [0.15, 0.2) is 5.96 Å². The molecule has 1 aromatic rings. The van der Waals surface area contributed by atoms with E-state index < -0.39 is 0 Å². The third-order valence-corrected chi connectivity index (χ3v) is 6.15. The van der Waals surface area contributed by atoms with Crippen molar-refractivity contribution in [3.8, 4) is 0 Å². The van der Waals surface area contributed by atoms with Crippen LogP contribution in [0.1, 0.15) is 51.0 Å². The van der Waals surface area contributed by atoms with Gasteiger partial charge in [-0.3, -0.25) is 4.99 Å². The minimum atomic E-state index is -0.145. The molecule has 1 saturated carbocycles. The highest BCUT2D eigenvalue weighted by Crippen LogP contribution is 2.38. The summed E-state index contributed by atoms with van der Waals surface area (Å²) in [6.45, 7) is 5.07. The van der Waals surface area contributed by atoms with Gasteiger partial charge in [0.05, 0.1) is 12.6 Å². The number of benzene rings is 1. The second-order valence-electron chi connectivity index (χ2n) is 7.72. The first-order chi connectivity index (χ1) is 13.1. The van der Waals surface area contributed by atoms with Crippen molar-refractivity contribution in [2.75, 3.05) is 26.3 Å². The Morgan fingerprint density at radius 3 is 2.59 bits per heavy atom. The lowest BCUT2D eigenvalue weighted by Gasteiger charge is -2.37. The molecule has 150 valence electrons. The quantitative estimate of drug-likeness (QED) is 0.530. The van der Waals surface area contributed by atoms with Crippen molar-refractivity contribution in [3.05, 3.63) is 34.9 Å². The van der Waals surface area contributed by atoms with Crippen LogP contribution in [0.25, 0.3) is 0 Å². The van der Waals surface area contributed by atoms with Crippen LogP contribution >= 0.6 is 11.6 Å². The van der Waals surface area contributed by atoms with Gasteiger partial charge >= 0.3 is 0 Å². The van der Waals surface area contributed by atoms with Crippen LogP contribution < -0.4 is 10.6 Å². The fourth-order valence-corrected chi connectivity index (χ4v) is 4.47. The van der Waals surface area contributed by atoms with E-state index in [4.69, 9.17) is 21.3 Å². The highest BCUT2D eigenvalue weighted by molar-refractivity contribution is 6.31. The Bertz CT molecular complexity index is 624. The number of guanidine groups is 1. The molecule has 0 aromatic heterocycles. The van der Waals surface area contributed by atoms with Gasteiger partial charge in [-0.15, -0.1) is 0 Å². The van der Waals surface area contributed by atoms with E-state index in [9.17, 15) is 5.11 Å². The van der Waals surface area contributed by atoms with Crippen LogP contribution in [0.2, 0.25) is 5.02 Å². The van der Waals surface area contributed by atoms with Crippen molar-refractivity contribution in [2.45, 2.75) is 63.0 Å². The summed E-state index contributed by atoms with van der Waals surface area (Å²) < 4.78 is 5.63. The normalized spacial score (nSPS) is 25.8. The number of hydrogen-bond acceptors (Lipinski definition) is 3. The Hall–Kier alpha value is -1.30. The summed E-state index contributed by atoms with van der Waals surface area (Å²) in [5, 5.41) is 17.5. The number of halogens is 1. The lowest BCUT2D eigenvalue weighted by molar-refractivity contribution is 0.0531. The minimum Gasteiger partial charge on any atom is -0.393 e. The van der Waals surface area contributed by atoms with E-state index >= 15 is 0 Å². The van der Waals surface area contributed by atoms with Gasteiger partial charge in [-0.2, -0.15) is 0 Å². The molecule has 0 bridgehead atoms. The molecule has 2 aliphatic rings. The second kappa shape index (κ2) is 9.76. The van der Waals surface area contributed by atoms with Crippen molar-refractivity contribution in [1.82, 2.24) is 10.6 Å². The van der Waals surface area contributed by atoms with Crippen molar-refractivity contribution in [2.24, 2.45) is 4.99 Å². The second-order valence-corrected chi connectivity index (χ2v) is 8.12. The van der Waals surface area contributed by atoms with E-state index in [-0.39, 0.29) is 11.5 Å². The lowest BCUT2D eigenvalue weighted by atomic mass is 9.74. The van der Waals surface area contributed by atoms with Gasteiger partial charge < -0.3 is 20.5 Å². The smallest absolute Gasteiger partial charge is 0.191 e. The Morgan fingerprint density at radius 1 is 1.22 bits per heavy atom. The molecule has 3 rings (SSSR count). The zero-order valence-corrected chi connectivity index (χ0v) is 17.0. The van der Waals surface area contributed by atoms with Gasteiger partial charge in [0.25, 0.3) is 0 Å². The van der Waals surface area contributed by atoms with Gasteiger partial charge in [-0.1, -0.05) is 29.8 Å². The molecule has 27 heavy (non-hydrogen) atoms. The van der Waals surface area contributed by atoms with Crippen LogP contribution in [-0.4, -0.2) is 49.5 Å². The van der Waals surface area contributed by atoms with E-state index in [2.05, 4.69) is 29.7 Å². The Balaban J connectivity index is 1.75. The zero-order chi connectivity index (χ0) is 19.1. The summed E-state index contributed by atoms with van der Waals surface area (Å²) in [6.07, 6.45) is 5.39. The molecule has 2 fully saturated rings. The number of aliphatic hydroxyl groups excluding tert-OH is 1. The molecule has 0 unspecified atom stereocenters. The Kier molecular flexibility index (Phi) is 7.39. The molecule has 1 saturated heterocycles. The van der Waals surface area contributed by atoms with E-state index in [1.165, 1.54) is 5.56 Å². The third-order valence-electron chi connectivity index (χ3n) is 5.82. The highest BCUT2D eigenvalue weighted by Gasteiger charge is 2.36. The average molecular weight is 394 g/mol. The zero-order valence-electron chi connectivity index (χ0n) is 16.2. The predicted octanol–water partition coefficient (Wildman–Crippen LogP) is 3.25. The topological polar surface area (TPSA) is 65.9 Å². The molecular formula is C21H32ClN3O2. The van der Waals surface area contributed by atoms with Gasteiger partial charge in [0, 0.05) is 36.2 Å². The SMILES string of the molecule is CCNC(=NCC1(c2ccccc2Cl)CCOCC1)NC1CCC(O)CC1. The summed E-state index contributed by atoms with van der Waals surface area (Å²) >= 11 is 6.55. The fraction of sp³-hybridized carbons (Fsp3) is 0.667. The summed E-state index contributed by atoms with van der Waals surface area (Å²) in [5.41, 5.74) is 1.09. The Labute approximate surface area is 167 Å². The first-order valence-corrected chi connectivity index (χ1v) is 10.6. The van der Waals surface area contributed by atoms with Crippen molar-refractivity contribution < 1.29 is 9.84 Å². The molecule has 0 radical (unpaired) electrons. The van der Waals surface area contributed by atoms with Crippen LogP contribution in [-0.2, 0) is 10.2 Å². The number of hydrogen-bond donors (Lipinski definition) is 3. The fourth-order valence-electron chi connectivity index (χ4n) is 4.13. The summed E-state index contributed by atoms with van der Waals surface area (Å²) in [4.78, 5) is 4.96. The number of nitrogens with one attached hydrogen (secondary N) is 2. The van der Waals surface area contributed by atoms with Crippen LogP contribution in [0.4, 0.5) is 0 Å². The van der Waals surface area contributed by atoms with Gasteiger partial charge in [-0.25, -0.2) is 0 Å².